The maximum Gasteiger partial charge on any atom is 0.320 e. The molecule has 1 heterocycles. The Morgan fingerprint density at radius 1 is 1.30 bits per heavy atom. The van der Waals surface area contributed by atoms with E-state index in [1.54, 1.807) is 0 Å². The van der Waals surface area contributed by atoms with Crippen molar-refractivity contribution < 1.29 is 19.0 Å². The lowest BCUT2D eigenvalue weighted by molar-refractivity contribution is -0.147. The summed E-state index contributed by atoms with van der Waals surface area (Å²) in [5, 5.41) is 0. The number of ether oxygens (including phenoxy) is 3. The van der Waals surface area contributed by atoms with Crippen LogP contribution in [0.15, 0.2) is 12.2 Å². The second-order valence-electron chi connectivity index (χ2n) is 4.52. The van der Waals surface area contributed by atoms with Crippen LogP contribution in [0.25, 0.3) is 0 Å². The molecule has 0 aromatic carbocycles. The maximum absolute atomic E-state index is 11.7. The van der Waals surface area contributed by atoms with Crippen molar-refractivity contribution >= 4 is 5.97 Å². The molecule has 0 bridgehead atoms. The number of carbonyl (C=O) groups is 1. The Kier molecular flexibility index (Phi) is 9.23. The number of carbonyl (C=O) groups excluding carboxylic acids is 1. The predicted molar refractivity (Wildman–Crippen MR) is 76.4 cm³/mol. The third-order valence-electron chi connectivity index (χ3n) is 3.05. The first-order chi connectivity index (χ1) is 9.77. The quantitative estimate of drug-likeness (QED) is 0.351. The van der Waals surface area contributed by atoms with E-state index < -0.39 is 0 Å². The molecule has 0 radical (unpaired) electrons. The SMILES string of the molecule is CCOCCOCCOC(=O)CN1CCC=CC1CN. The molecule has 6 nitrogen and oxygen atoms in total. The Bertz CT molecular complexity index is 297. The van der Waals surface area contributed by atoms with Gasteiger partial charge in [-0.3, -0.25) is 9.69 Å². The Morgan fingerprint density at radius 3 is 2.80 bits per heavy atom. The Morgan fingerprint density at radius 2 is 2.05 bits per heavy atom. The van der Waals surface area contributed by atoms with Crippen molar-refractivity contribution in [2.75, 3.05) is 52.7 Å². The van der Waals surface area contributed by atoms with Gasteiger partial charge in [-0.1, -0.05) is 12.2 Å². The van der Waals surface area contributed by atoms with Crippen molar-refractivity contribution in [2.24, 2.45) is 5.73 Å². The summed E-state index contributed by atoms with van der Waals surface area (Å²) in [7, 11) is 0. The summed E-state index contributed by atoms with van der Waals surface area (Å²) in [6, 6.07) is 0.138. The average molecular weight is 286 g/mol. The molecule has 2 N–H and O–H groups in total. The van der Waals surface area contributed by atoms with E-state index in [-0.39, 0.29) is 25.2 Å². The largest absolute Gasteiger partial charge is 0.462 e. The third-order valence-corrected chi connectivity index (χ3v) is 3.05. The molecule has 6 heteroatoms. The fourth-order valence-corrected chi connectivity index (χ4v) is 2.00. The van der Waals surface area contributed by atoms with Crippen LogP contribution in [0.4, 0.5) is 0 Å². The maximum atomic E-state index is 11.7. The lowest BCUT2D eigenvalue weighted by Gasteiger charge is -2.30. The molecule has 1 unspecified atom stereocenters. The van der Waals surface area contributed by atoms with Crippen LogP contribution in [0.5, 0.6) is 0 Å². The second-order valence-corrected chi connectivity index (χ2v) is 4.52. The fourth-order valence-electron chi connectivity index (χ4n) is 2.00. The van der Waals surface area contributed by atoms with Gasteiger partial charge in [0.2, 0.25) is 0 Å². The summed E-state index contributed by atoms with van der Waals surface area (Å²) in [5.74, 6) is -0.229. The van der Waals surface area contributed by atoms with Crippen LogP contribution in [0.1, 0.15) is 13.3 Å². The summed E-state index contributed by atoms with van der Waals surface area (Å²) in [5.41, 5.74) is 5.67. The number of hydrogen-bond acceptors (Lipinski definition) is 6. The lowest BCUT2D eigenvalue weighted by Crippen LogP contribution is -2.44. The highest BCUT2D eigenvalue weighted by Crippen LogP contribution is 2.08. The molecule has 0 saturated heterocycles. The molecule has 1 rings (SSSR count). The highest BCUT2D eigenvalue weighted by Gasteiger charge is 2.20. The Hall–Kier alpha value is -0.950. The van der Waals surface area contributed by atoms with E-state index >= 15 is 0 Å². The van der Waals surface area contributed by atoms with E-state index in [9.17, 15) is 4.79 Å². The van der Waals surface area contributed by atoms with Crippen LogP contribution < -0.4 is 5.73 Å². The van der Waals surface area contributed by atoms with Crippen molar-refractivity contribution in [3.63, 3.8) is 0 Å². The molecule has 1 atom stereocenters. The van der Waals surface area contributed by atoms with E-state index in [1.165, 1.54) is 0 Å². The normalized spacial score (nSPS) is 19.2. The number of esters is 1. The summed E-state index contributed by atoms with van der Waals surface area (Å²) in [4.78, 5) is 13.7. The van der Waals surface area contributed by atoms with Gasteiger partial charge in [0, 0.05) is 25.7 Å². The number of nitrogens with two attached hydrogens (primary N) is 1. The van der Waals surface area contributed by atoms with Crippen LogP contribution in [0.3, 0.4) is 0 Å². The predicted octanol–water partition coefficient (Wildman–Crippen LogP) is 0.172. The molecular formula is C14H26N2O4. The monoisotopic (exact) mass is 286 g/mol. The van der Waals surface area contributed by atoms with Crippen LogP contribution in [-0.4, -0.2) is 69.6 Å². The number of hydrogen-bond donors (Lipinski definition) is 1. The summed E-state index contributed by atoms with van der Waals surface area (Å²) in [6.07, 6.45) is 5.10. The summed E-state index contributed by atoms with van der Waals surface area (Å²) in [6.45, 7) is 6.05. The van der Waals surface area contributed by atoms with Crippen molar-refractivity contribution in [2.45, 2.75) is 19.4 Å². The van der Waals surface area contributed by atoms with Crippen LogP contribution in [0, 0.1) is 0 Å². The Balaban J connectivity index is 2.06. The summed E-state index contributed by atoms with van der Waals surface area (Å²) >= 11 is 0. The van der Waals surface area contributed by atoms with Crippen LogP contribution in [0.2, 0.25) is 0 Å². The molecule has 0 aliphatic carbocycles. The van der Waals surface area contributed by atoms with E-state index in [1.807, 2.05) is 17.9 Å². The lowest BCUT2D eigenvalue weighted by atomic mass is 10.1. The minimum Gasteiger partial charge on any atom is -0.462 e. The van der Waals surface area contributed by atoms with E-state index in [4.69, 9.17) is 19.9 Å². The fraction of sp³-hybridized carbons (Fsp3) is 0.786. The average Bonchev–Trinajstić information content (AvgIpc) is 2.47. The van der Waals surface area contributed by atoms with Gasteiger partial charge in [0.1, 0.15) is 6.61 Å². The van der Waals surface area contributed by atoms with Gasteiger partial charge in [-0.2, -0.15) is 0 Å². The highest BCUT2D eigenvalue weighted by atomic mass is 16.6. The van der Waals surface area contributed by atoms with Crippen LogP contribution in [-0.2, 0) is 19.0 Å². The first-order valence-corrected chi connectivity index (χ1v) is 7.19. The second kappa shape index (κ2) is 10.8. The van der Waals surface area contributed by atoms with E-state index in [0.717, 1.165) is 13.0 Å². The molecule has 0 saturated carbocycles. The van der Waals surface area contributed by atoms with Gasteiger partial charge in [0.25, 0.3) is 0 Å². The van der Waals surface area contributed by atoms with Crippen molar-refractivity contribution in [1.29, 1.82) is 0 Å². The molecule has 116 valence electrons. The van der Waals surface area contributed by atoms with Gasteiger partial charge in [-0.05, 0) is 13.3 Å². The van der Waals surface area contributed by atoms with Crippen LogP contribution >= 0.6 is 0 Å². The van der Waals surface area contributed by atoms with Crippen molar-refractivity contribution in [1.82, 2.24) is 4.90 Å². The van der Waals surface area contributed by atoms with E-state index in [2.05, 4.69) is 6.08 Å². The molecule has 0 spiro atoms. The highest BCUT2D eigenvalue weighted by molar-refractivity contribution is 5.71. The zero-order chi connectivity index (χ0) is 14.6. The third kappa shape index (κ3) is 7.00. The molecule has 1 aliphatic rings. The molecular weight excluding hydrogens is 260 g/mol. The minimum absolute atomic E-state index is 0.138. The van der Waals surface area contributed by atoms with Gasteiger partial charge in [0.05, 0.1) is 26.4 Å². The van der Waals surface area contributed by atoms with Gasteiger partial charge in [-0.15, -0.1) is 0 Å². The molecule has 0 aromatic rings. The molecule has 0 amide bonds. The zero-order valence-corrected chi connectivity index (χ0v) is 12.3. The van der Waals surface area contributed by atoms with Gasteiger partial charge < -0.3 is 19.9 Å². The van der Waals surface area contributed by atoms with Gasteiger partial charge >= 0.3 is 5.97 Å². The number of rotatable bonds is 10. The van der Waals surface area contributed by atoms with E-state index in [0.29, 0.717) is 33.0 Å². The first kappa shape index (κ1) is 17.1. The standard InChI is InChI=1S/C14H26N2O4/c1-2-18-7-8-19-9-10-20-14(17)12-16-6-4-3-5-13(16)11-15/h3,5,13H,2,4,6-12,15H2,1H3. The minimum atomic E-state index is -0.229. The van der Waals surface area contributed by atoms with Gasteiger partial charge in [0.15, 0.2) is 0 Å². The number of nitrogens with zero attached hydrogens (tertiary/aromatic N) is 1. The topological polar surface area (TPSA) is 74.0 Å². The van der Waals surface area contributed by atoms with Crippen molar-refractivity contribution in [3.05, 3.63) is 12.2 Å². The smallest absolute Gasteiger partial charge is 0.320 e. The Labute approximate surface area is 120 Å². The zero-order valence-electron chi connectivity index (χ0n) is 12.3. The molecule has 1 aliphatic heterocycles. The summed E-state index contributed by atoms with van der Waals surface area (Å²) < 4.78 is 15.5. The van der Waals surface area contributed by atoms with Gasteiger partial charge in [-0.25, -0.2) is 0 Å². The molecule has 0 fully saturated rings. The first-order valence-electron chi connectivity index (χ1n) is 7.19. The molecule has 20 heavy (non-hydrogen) atoms. The molecule has 0 aromatic heterocycles. The van der Waals surface area contributed by atoms with Crippen molar-refractivity contribution in [3.8, 4) is 0 Å².